The number of aromatic nitrogens is 2. The Morgan fingerprint density at radius 1 is 0.531 bits per heavy atom. The number of fused-ring (bicyclic) bond motifs is 1. The van der Waals surface area contributed by atoms with Crippen molar-refractivity contribution in [3.63, 3.8) is 0 Å². The number of imidazole rings is 1. The van der Waals surface area contributed by atoms with E-state index in [1.54, 1.807) is 0 Å². The largest absolute Gasteiger partial charge is 0.668 e. The minimum atomic E-state index is -0.292. The van der Waals surface area contributed by atoms with Crippen LogP contribution in [0.5, 0.6) is 11.5 Å². The smallest absolute Gasteiger partial charge is 0.0774 e. The second-order valence-electron chi connectivity index (χ2n) is 17.8. The Hall–Kier alpha value is -6.16. The quantitative estimate of drug-likeness (QED) is 0.115. The summed E-state index contributed by atoms with van der Waals surface area (Å²) in [5.74, 6) is 3.13. The average molecular weight is 1020 g/mol. The molecular weight excluding hydrogens is 964 g/mol. The van der Waals surface area contributed by atoms with Gasteiger partial charge in [-0.2, -0.15) is 23.9 Å². The minimum Gasteiger partial charge on any atom is -0.668 e. The molecule has 9 rings (SSSR count). The molecule has 8 aromatic rings. The molecule has 1 aromatic heterocycles. The van der Waals surface area contributed by atoms with Gasteiger partial charge in [-0.25, -0.2) is 0 Å². The average Bonchev–Trinajstić information content (AvgIpc) is 3.95. The van der Waals surface area contributed by atoms with Gasteiger partial charge in [0.25, 0.3) is 0 Å². The number of ether oxygens (including phenoxy) is 1. The van der Waals surface area contributed by atoms with Crippen molar-refractivity contribution in [3.8, 4) is 50.8 Å². The molecule has 0 bridgehead atoms. The third-order valence-electron chi connectivity index (χ3n) is 12.1. The van der Waals surface area contributed by atoms with Crippen molar-refractivity contribution in [2.75, 3.05) is 4.90 Å². The predicted molar refractivity (Wildman–Crippen MR) is 262 cm³/mol. The zero-order valence-electron chi connectivity index (χ0n) is 37.9. The van der Waals surface area contributed by atoms with Crippen LogP contribution in [0.3, 0.4) is 0 Å². The zero-order chi connectivity index (χ0) is 43.8. The summed E-state index contributed by atoms with van der Waals surface area (Å²) in [6, 6.07) is 58.6. The Labute approximate surface area is 394 Å². The first-order chi connectivity index (χ1) is 30.5. The summed E-state index contributed by atoms with van der Waals surface area (Å²) in [7, 11) is 0. The van der Waals surface area contributed by atoms with Crippen LogP contribution in [0.4, 0.5) is 5.69 Å². The molecule has 1 aliphatic rings. The van der Waals surface area contributed by atoms with Crippen molar-refractivity contribution >= 4 is 16.7 Å². The summed E-state index contributed by atoms with van der Waals surface area (Å²) in [6.45, 7) is 18.2. The number of hydrogen-bond acceptors (Lipinski definition) is 3. The van der Waals surface area contributed by atoms with Gasteiger partial charge in [0.15, 0.2) is 0 Å². The SMILES string of the molecule is CC(C)c1cc(-c2ccccc2)cc(C(C)C)c1N1C=C[N-]C1c1[c-]c(Oc2[c-]c(-c3nc4ccccc4n3-c3c(C(C)C)cc(-c4ccccc4)cc3C(C)C)ccc2)ccc1.[Pt]. The van der Waals surface area contributed by atoms with E-state index in [2.05, 4.69) is 205 Å². The van der Waals surface area contributed by atoms with Crippen molar-refractivity contribution < 1.29 is 25.8 Å². The molecule has 7 aromatic carbocycles. The summed E-state index contributed by atoms with van der Waals surface area (Å²) in [5, 5.41) is 5.01. The fourth-order valence-corrected chi connectivity index (χ4v) is 8.91. The maximum absolute atomic E-state index is 6.65. The van der Waals surface area contributed by atoms with E-state index in [1.807, 2.05) is 30.5 Å². The summed E-state index contributed by atoms with van der Waals surface area (Å²) in [4.78, 5) is 7.61. The zero-order valence-corrected chi connectivity index (χ0v) is 40.2. The van der Waals surface area contributed by atoms with Gasteiger partial charge < -0.3 is 19.5 Å². The number of para-hydroxylation sites is 2. The summed E-state index contributed by atoms with van der Waals surface area (Å²) in [6.07, 6.45) is 3.73. The number of anilines is 1. The first kappa shape index (κ1) is 44.4. The van der Waals surface area contributed by atoms with Gasteiger partial charge in [-0.05, 0) is 117 Å². The molecule has 64 heavy (non-hydrogen) atoms. The van der Waals surface area contributed by atoms with Crippen molar-refractivity contribution in [1.29, 1.82) is 0 Å². The Morgan fingerprint density at radius 3 is 1.59 bits per heavy atom. The second-order valence-corrected chi connectivity index (χ2v) is 17.8. The Morgan fingerprint density at radius 2 is 1.03 bits per heavy atom. The van der Waals surface area contributed by atoms with Crippen LogP contribution in [0.1, 0.15) is 113 Å². The van der Waals surface area contributed by atoms with E-state index in [-0.39, 0.29) is 39.1 Å². The fraction of sp³-hybridized carbons (Fsp3) is 0.224. The fourth-order valence-electron chi connectivity index (χ4n) is 8.91. The summed E-state index contributed by atoms with van der Waals surface area (Å²) >= 11 is 0. The van der Waals surface area contributed by atoms with E-state index < -0.39 is 0 Å². The van der Waals surface area contributed by atoms with E-state index in [4.69, 9.17) is 15.0 Å². The van der Waals surface area contributed by atoms with Crippen molar-refractivity contribution in [2.45, 2.75) is 85.2 Å². The van der Waals surface area contributed by atoms with Crippen molar-refractivity contribution in [1.82, 2.24) is 9.55 Å². The molecule has 1 unspecified atom stereocenters. The van der Waals surface area contributed by atoms with Gasteiger partial charge in [0.05, 0.1) is 16.9 Å². The van der Waals surface area contributed by atoms with E-state index in [0.29, 0.717) is 23.3 Å². The molecule has 1 aliphatic heterocycles. The monoisotopic (exact) mass is 1020 g/mol. The van der Waals surface area contributed by atoms with Gasteiger partial charge in [-0.1, -0.05) is 134 Å². The molecule has 0 N–H and O–H groups in total. The molecule has 5 nitrogen and oxygen atoms in total. The third kappa shape index (κ3) is 8.71. The molecular formula is C58H55N4OPt-3. The third-order valence-corrected chi connectivity index (χ3v) is 12.1. The topological polar surface area (TPSA) is 44.4 Å². The molecule has 0 saturated carbocycles. The van der Waals surface area contributed by atoms with E-state index in [9.17, 15) is 0 Å². The van der Waals surface area contributed by atoms with Crippen LogP contribution in [-0.2, 0) is 21.1 Å². The number of hydrogen-bond donors (Lipinski definition) is 0. The molecule has 326 valence electrons. The molecule has 6 heteroatoms. The van der Waals surface area contributed by atoms with Crippen molar-refractivity contribution in [2.24, 2.45) is 0 Å². The molecule has 0 saturated heterocycles. The maximum Gasteiger partial charge on any atom is 0.0774 e. The standard InChI is InChI=1S/C58H55N4O.Pt/c1-37(2)49-33-45(41-19-11-9-12-20-41)34-50(38(3)4)55(49)61-30-29-59-57(61)43-23-17-25-47(31-43)63-48-26-18-24-44(32-48)58-60-53-27-15-16-28-54(53)62(58)56-51(39(5)6)35-46(36-52(56)40(7)8)42-21-13-10-14-22-42;/h9-30,33-40,57H,1-8H3;/q-3;. The summed E-state index contributed by atoms with van der Waals surface area (Å²) < 4.78 is 9.00. The Balaban J connectivity index is 0.00000560. The molecule has 1 atom stereocenters. The molecule has 0 amide bonds. The van der Waals surface area contributed by atoms with Crippen LogP contribution in [0.15, 0.2) is 158 Å². The van der Waals surface area contributed by atoms with Crippen LogP contribution in [0.2, 0.25) is 0 Å². The second kappa shape index (κ2) is 18.9. The minimum absolute atomic E-state index is 0. The normalized spacial score (nSPS) is 13.6. The molecule has 0 radical (unpaired) electrons. The molecule has 2 heterocycles. The maximum atomic E-state index is 6.65. The van der Waals surface area contributed by atoms with E-state index in [1.165, 1.54) is 55.9 Å². The number of nitrogens with zero attached hydrogens (tertiary/aromatic N) is 4. The van der Waals surface area contributed by atoms with Crippen LogP contribution in [-0.4, -0.2) is 9.55 Å². The van der Waals surface area contributed by atoms with Gasteiger partial charge in [-0.15, -0.1) is 35.9 Å². The van der Waals surface area contributed by atoms with Gasteiger partial charge in [0.1, 0.15) is 0 Å². The van der Waals surface area contributed by atoms with Gasteiger partial charge >= 0.3 is 0 Å². The van der Waals surface area contributed by atoms with E-state index in [0.717, 1.165) is 28.0 Å². The predicted octanol–water partition coefficient (Wildman–Crippen LogP) is 16.3. The van der Waals surface area contributed by atoms with Crippen LogP contribution < -0.4 is 9.64 Å². The Bertz CT molecular complexity index is 2870. The van der Waals surface area contributed by atoms with Gasteiger partial charge in [0, 0.05) is 43.9 Å². The van der Waals surface area contributed by atoms with E-state index >= 15 is 0 Å². The molecule has 0 aliphatic carbocycles. The van der Waals surface area contributed by atoms with Crippen molar-refractivity contribution in [3.05, 3.63) is 203 Å². The van der Waals surface area contributed by atoms with Gasteiger partial charge in [0.2, 0.25) is 0 Å². The molecule has 0 spiro atoms. The summed E-state index contributed by atoms with van der Waals surface area (Å²) in [5.41, 5.74) is 16.2. The first-order valence-corrected chi connectivity index (χ1v) is 22.4. The Kier molecular flexibility index (Phi) is 13.1. The van der Waals surface area contributed by atoms with Gasteiger partial charge in [-0.3, -0.25) is 4.98 Å². The number of rotatable bonds is 12. The van der Waals surface area contributed by atoms with Crippen LogP contribution in [0.25, 0.3) is 55.7 Å². The number of benzene rings is 7. The van der Waals surface area contributed by atoms with Crippen LogP contribution >= 0.6 is 0 Å². The molecule has 0 fully saturated rings. The first-order valence-electron chi connectivity index (χ1n) is 22.4. The van der Waals surface area contributed by atoms with Crippen LogP contribution in [0, 0.1) is 12.1 Å².